The molecular weight excluding hydrogens is 300 g/mol. The lowest BCUT2D eigenvalue weighted by Crippen LogP contribution is -2.50. The van der Waals surface area contributed by atoms with E-state index in [-0.39, 0.29) is 6.42 Å². The largest absolute Gasteiger partial charge is 0.327 e. The van der Waals surface area contributed by atoms with Crippen LogP contribution in [-0.2, 0) is 4.79 Å². The maximum Gasteiger partial charge on any atom is 0.240 e. The van der Waals surface area contributed by atoms with Crippen molar-refractivity contribution in [3.8, 4) is 6.07 Å². The van der Waals surface area contributed by atoms with Gasteiger partial charge in [-0.25, -0.2) is 8.78 Å². The maximum absolute atomic E-state index is 14.7. The van der Waals surface area contributed by atoms with Crippen LogP contribution in [0.2, 0.25) is 0 Å². The first kappa shape index (κ1) is 17.4. The molecule has 1 saturated heterocycles. The van der Waals surface area contributed by atoms with Crippen LogP contribution in [0.1, 0.15) is 38.8 Å². The topological polar surface area (TPSA) is 70.1 Å². The number of hydrogen-bond donors (Lipinski definition) is 1. The van der Waals surface area contributed by atoms with E-state index in [4.69, 9.17) is 5.73 Å². The highest BCUT2D eigenvalue weighted by Crippen LogP contribution is 2.45. The second-order valence-electron chi connectivity index (χ2n) is 6.64. The number of nitriles is 1. The van der Waals surface area contributed by atoms with Gasteiger partial charge in [0.2, 0.25) is 5.91 Å². The molecule has 1 aliphatic rings. The molecule has 0 aliphatic carbocycles. The van der Waals surface area contributed by atoms with Crippen molar-refractivity contribution >= 4 is 5.91 Å². The van der Waals surface area contributed by atoms with Gasteiger partial charge in [0.25, 0.3) is 0 Å². The van der Waals surface area contributed by atoms with Gasteiger partial charge in [0.1, 0.15) is 12.0 Å². The number of carbonyl (C=O) groups excluding carboxylic acids is 1. The third-order valence-electron chi connectivity index (χ3n) is 4.38. The highest BCUT2D eigenvalue weighted by atomic mass is 19.1. The van der Waals surface area contributed by atoms with Crippen molar-refractivity contribution < 1.29 is 13.6 Å². The van der Waals surface area contributed by atoms with Crippen LogP contribution in [0.25, 0.3) is 0 Å². The molecule has 0 radical (unpaired) electrons. The van der Waals surface area contributed by atoms with E-state index < -0.39 is 41.4 Å². The standard InChI is InChI=1S/C17H21F2N3O/c1-10(21)16(23)22-14(17(2,3)9-20)8-13(19)15(22)11-5-4-6-12(18)7-11/h4-7,10,13-15H,8,21H2,1-3H3/t10-,13+,14?,15-/m1/s1. The number of nitrogens with zero attached hydrogens (tertiary/aromatic N) is 2. The lowest BCUT2D eigenvalue weighted by molar-refractivity contribution is -0.137. The van der Waals surface area contributed by atoms with Crippen molar-refractivity contribution in [3.63, 3.8) is 0 Å². The second kappa shape index (κ2) is 6.25. The summed E-state index contributed by atoms with van der Waals surface area (Å²) in [6, 6.07) is 5.32. The van der Waals surface area contributed by atoms with Gasteiger partial charge in [0, 0.05) is 6.42 Å². The van der Waals surface area contributed by atoms with Crippen LogP contribution in [-0.4, -0.2) is 29.1 Å². The van der Waals surface area contributed by atoms with Gasteiger partial charge in [-0.3, -0.25) is 4.79 Å². The predicted octanol–water partition coefficient (Wildman–Crippen LogP) is 2.70. The van der Waals surface area contributed by atoms with Crippen molar-refractivity contribution in [1.29, 1.82) is 5.26 Å². The Morgan fingerprint density at radius 1 is 1.52 bits per heavy atom. The maximum atomic E-state index is 14.7. The zero-order chi connectivity index (χ0) is 17.4. The third-order valence-corrected chi connectivity index (χ3v) is 4.38. The van der Waals surface area contributed by atoms with E-state index >= 15 is 0 Å². The molecule has 124 valence electrons. The number of halogens is 2. The Kier molecular flexibility index (Phi) is 4.71. The van der Waals surface area contributed by atoms with E-state index in [9.17, 15) is 18.8 Å². The number of amides is 1. The van der Waals surface area contributed by atoms with E-state index in [1.807, 2.05) is 0 Å². The average Bonchev–Trinajstić information content (AvgIpc) is 2.84. The summed E-state index contributed by atoms with van der Waals surface area (Å²) >= 11 is 0. The number of hydrogen-bond acceptors (Lipinski definition) is 3. The fraction of sp³-hybridized carbons (Fsp3) is 0.529. The van der Waals surface area contributed by atoms with Gasteiger partial charge >= 0.3 is 0 Å². The summed E-state index contributed by atoms with van der Waals surface area (Å²) in [5.74, 6) is -0.932. The Bertz CT molecular complexity index is 639. The Labute approximate surface area is 134 Å². The Balaban J connectivity index is 2.51. The summed E-state index contributed by atoms with van der Waals surface area (Å²) in [4.78, 5) is 13.9. The van der Waals surface area contributed by atoms with Crippen molar-refractivity contribution in [2.45, 2.75) is 51.5 Å². The number of carbonyl (C=O) groups is 1. The zero-order valence-corrected chi connectivity index (χ0v) is 13.5. The van der Waals surface area contributed by atoms with Crippen molar-refractivity contribution in [1.82, 2.24) is 4.90 Å². The summed E-state index contributed by atoms with van der Waals surface area (Å²) in [5.41, 5.74) is 5.15. The minimum Gasteiger partial charge on any atom is -0.327 e. The average molecular weight is 321 g/mol. The SMILES string of the molecule is C[C@@H](N)C(=O)N1C(C(C)(C)C#N)C[C@H](F)[C@H]1c1cccc(F)c1. The molecule has 2 N–H and O–H groups in total. The molecule has 0 aromatic heterocycles. The molecule has 4 nitrogen and oxygen atoms in total. The van der Waals surface area contributed by atoms with E-state index in [1.54, 1.807) is 19.9 Å². The van der Waals surface area contributed by atoms with Gasteiger partial charge in [-0.15, -0.1) is 0 Å². The number of rotatable bonds is 3. The zero-order valence-electron chi connectivity index (χ0n) is 13.5. The van der Waals surface area contributed by atoms with Gasteiger partial charge in [-0.1, -0.05) is 12.1 Å². The van der Waals surface area contributed by atoms with E-state index in [0.717, 1.165) is 0 Å². The first-order valence-corrected chi connectivity index (χ1v) is 7.57. The monoisotopic (exact) mass is 321 g/mol. The molecule has 1 fully saturated rings. The van der Waals surface area contributed by atoms with Gasteiger partial charge in [0.05, 0.1) is 29.6 Å². The van der Waals surface area contributed by atoms with E-state index in [2.05, 4.69) is 6.07 Å². The molecule has 1 aromatic rings. The van der Waals surface area contributed by atoms with Gasteiger partial charge in [-0.2, -0.15) is 5.26 Å². The van der Waals surface area contributed by atoms with Crippen LogP contribution in [0.4, 0.5) is 8.78 Å². The molecule has 4 atom stereocenters. The molecule has 1 amide bonds. The Morgan fingerprint density at radius 2 is 2.17 bits per heavy atom. The van der Waals surface area contributed by atoms with Gasteiger partial charge < -0.3 is 10.6 Å². The van der Waals surface area contributed by atoms with Gasteiger partial charge in [-0.05, 0) is 38.5 Å². The molecule has 23 heavy (non-hydrogen) atoms. The van der Waals surface area contributed by atoms with Crippen LogP contribution in [0.5, 0.6) is 0 Å². The van der Waals surface area contributed by atoms with Crippen LogP contribution in [0.15, 0.2) is 24.3 Å². The fourth-order valence-corrected chi connectivity index (χ4v) is 3.13. The van der Waals surface area contributed by atoms with Crippen LogP contribution in [0, 0.1) is 22.6 Å². The normalized spacial score (nSPS) is 26.0. The molecule has 0 bridgehead atoms. The van der Waals surface area contributed by atoms with Crippen molar-refractivity contribution in [3.05, 3.63) is 35.6 Å². The highest BCUT2D eigenvalue weighted by molar-refractivity contribution is 5.82. The number of likely N-dealkylation sites (tertiary alicyclic amines) is 1. The van der Waals surface area contributed by atoms with Crippen LogP contribution in [0.3, 0.4) is 0 Å². The van der Waals surface area contributed by atoms with E-state index in [1.165, 1.54) is 30.0 Å². The first-order valence-electron chi connectivity index (χ1n) is 7.57. The molecule has 6 heteroatoms. The quantitative estimate of drug-likeness (QED) is 0.930. The highest BCUT2D eigenvalue weighted by Gasteiger charge is 2.51. The van der Waals surface area contributed by atoms with Crippen LogP contribution >= 0.6 is 0 Å². The molecule has 2 rings (SSSR count). The summed E-state index contributed by atoms with van der Waals surface area (Å²) in [6.45, 7) is 4.85. The lowest BCUT2D eigenvalue weighted by atomic mass is 9.84. The van der Waals surface area contributed by atoms with E-state index in [0.29, 0.717) is 5.56 Å². The predicted molar refractivity (Wildman–Crippen MR) is 82.3 cm³/mol. The van der Waals surface area contributed by atoms with Gasteiger partial charge in [0.15, 0.2) is 0 Å². The minimum absolute atomic E-state index is 0.0280. The number of nitrogens with two attached hydrogens (primary N) is 1. The summed E-state index contributed by atoms with van der Waals surface area (Å²) in [5, 5.41) is 9.38. The van der Waals surface area contributed by atoms with Crippen molar-refractivity contribution in [2.24, 2.45) is 11.1 Å². The summed E-state index contributed by atoms with van der Waals surface area (Å²) in [7, 11) is 0. The minimum atomic E-state index is -1.38. The fourth-order valence-electron chi connectivity index (χ4n) is 3.13. The Morgan fingerprint density at radius 3 is 2.70 bits per heavy atom. The summed E-state index contributed by atoms with van der Waals surface area (Å²) in [6.07, 6.45) is -1.35. The molecule has 1 aromatic carbocycles. The molecule has 1 heterocycles. The van der Waals surface area contributed by atoms with Crippen molar-refractivity contribution in [2.75, 3.05) is 0 Å². The first-order chi connectivity index (χ1) is 10.7. The molecule has 0 saturated carbocycles. The molecule has 1 aliphatic heterocycles. The second-order valence-corrected chi connectivity index (χ2v) is 6.64. The third kappa shape index (κ3) is 3.20. The molecule has 1 unspecified atom stereocenters. The van der Waals surface area contributed by atoms with Crippen LogP contribution < -0.4 is 5.73 Å². The number of benzene rings is 1. The number of alkyl halides is 1. The molecule has 0 spiro atoms. The molecular formula is C17H21F2N3O. The summed E-state index contributed by atoms with van der Waals surface area (Å²) < 4.78 is 28.3. The Hall–Kier alpha value is -2.00. The lowest BCUT2D eigenvalue weighted by Gasteiger charge is -2.37. The smallest absolute Gasteiger partial charge is 0.240 e.